The number of aliphatic hydroxyl groups excluding tert-OH is 1. The molecule has 4 heteroatoms. The van der Waals surface area contributed by atoms with Crippen molar-refractivity contribution in [1.29, 1.82) is 0 Å². The van der Waals surface area contributed by atoms with Crippen LogP contribution in [0.15, 0.2) is 71.1 Å². The summed E-state index contributed by atoms with van der Waals surface area (Å²) in [6.07, 6.45) is 0. The standard InChI is InChI=1S/C26H28N2O2/c1-25(2)15-11-7-9-13-17(15)27(5)23(25)19-21(29)20(22(19)30)24-26(3,4)16-12-8-10-14-18(16)28(24)6/h7-14,23,29H,1-6H3/b24-20-. The van der Waals surface area contributed by atoms with E-state index in [1.165, 1.54) is 11.1 Å². The molecule has 2 aromatic carbocycles. The van der Waals surface area contributed by atoms with Crippen molar-refractivity contribution >= 4 is 17.2 Å². The Hall–Kier alpha value is -3.01. The number of para-hydroxylation sites is 2. The Labute approximate surface area is 178 Å². The van der Waals surface area contributed by atoms with Gasteiger partial charge in [-0.2, -0.15) is 0 Å². The van der Waals surface area contributed by atoms with Crippen LogP contribution in [-0.2, 0) is 15.6 Å². The van der Waals surface area contributed by atoms with Gasteiger partial charge >= 0.3 is 0 Å². The van der Waals surface area contributed by atoms with Crippen molar-refractivity contribution < 1.29 is 9.90 Å². The monoisotopic (exact) mass is 400 g/mol. The maximum atomic E-state index is 13.6. The van der Waals surface area contributed by atoms with Crippen molar-refractivity contribution in [3.05, 3.63) is 82.3 Å². The molecule has 1 N–H and O–H groups in total. The van der Waals surface area contributed by atoms with Gasteiger partial charge in [-0.3, -0.25) is 4.79 Å². The SMILES string of the molecule is CN1/C(=C2\C(=O)C(C3N(C)c4ccccc4C3(C)C)=C2O)C(C)(C)c2ccccc21. The number of fused-ring (bicyclic) bond motifs is 2. The number of benzene rings is 2. The summed E-state index contributed by atoms with van der Waals surface area (Å²) in [4.78, 5) is 17.8. The Balaban J connectivity index is 1.66. The largest absolute Gasteiger partial charge is 0.507 e. The van der Waals surface area contributed by atoms with Crippen molar-refractivity contribution in [2.75, 3.05) is 23.9 Å². The predicted molar refractivity (Wildman–Crippen MR) is 121 cm³/mol. The lowest BCUT2D eigenvalue weighted by atomic mass is 9.69. The molecule has 0 aromatic heterocycles. The average Bonchev–Trinajstić information content (AvgIpc) is 3.04. The summed E-state index contributed by atoms with van der Waals surface area (Å²) >= 11 is 0. The van der Waals surface area contributed by atoms with E-state index >= 15 is 0 Å². The molecule has 0 amide bonds. The van der Waals surface area contributed by atoms with Crippen LogP contribution >= 0.6 is 0 Å². The topological polar surface area (TPSA) is 43.8 Å². The Morgan fingerprint density at radius 3 is 2.00 bits per heavy atom. The van der Waals surface area contributed by atoms with Gasteiger partial charge in [-0.05, 0) is 23.3 Å². The minimum Gasteiger partial charge on any atom is -0.507 e. The zero-order valence-corrected chi connectivity index (χ0v) is 18.4. The van der Waals surface area contributed by atoms with Gasteiger partial charge in [-0.25, -0.2) is 0 Å². The molecule has 0 saturated carbocycles. The van der Waals surface area contributed by atoms with Crippen LogP contribution in [0.4, 0.5) is 11.4 Å². The van der Waals surface area contributed by atoms with Crippen LogP contribution in [0.2, 0.25) is 0 Å². The molecule has 2 aromatic rings. The van der Waals surface area contributed by atoms with Gasteiger partial charge in [-0.1, -0.05) is 64.1 Å². The van der Waals surface area contributed by atoms with E-state index in [1.54, 1.807) is 0 Å². The molecule has 30 heavy (non-hydrogen) atoms. The lowest BCUT2D eigenvalue weighted by molar-refractivity contribution is -0.114. The van der Waals surface area contributed by atoms with Crippen LogP contribution in [0.3, 0.4) is 0 Å². The number of Topliss-reactive ketones (excluding diaryl/α,β-unsaturated/α-hetero) is 1. The summed E-state index contributed by atoms with van der Waals surface area (Å²) in [5.74, 6) is 0.119. The minimum absolute atomic E-state index is 0.0343. The highest BCUT2D eigenvalue weighted by Gasteiger charge is 2.54. The second-order valence-electron chi connectivity index (χ2n) is 9.77. The molecule has 3 aliphatic rings. The lowest BCUT2D eigenvalue weighted by Gasteiger charge is -2.39. The molecule has 1 aliphatic carbocycles. The summed E-state index contributed by atoms with van der Waals surface area (Å²) in [6, 6.07) is 16.3. The predicted octanol–water partition coefficient (Wildman–Crippen LogP) is 4.86. The zero-order chi connectivity index (χ0) is 21.6. The van der Waals surface area contributed by atoms with E-state index in [1.807, 2.05) is 38.4 Å². The van der Waals surface area contributed by atoms with Crippen LogP contribution in [0, 0.1) is 0 Å². The first-order valence-electron chi connectivity index (χ1n) is 10.5. The molecule has 2 heterocycles. The van der Waals surface area contributed by atoms with Gasteiger partial charge in [0, 0.05) is 42.0 Å². The molecule has 5 rings (SSSR count). The van der Waals surface area contributed by atoms with Gasteiger partial charge < -0.3 is 14.9 Å². The Morgan fingerprint density at radius 1 is 0.867 bits per heavy atom. The fourth-order valence-electron chi connectivity index (χ4n) is 5.99. The molecule has 1 unspecified atom stereocenters. The van der Waals surface area contributed by atoms with Gasteiger partial charge in [0.25, 0.3) is 0 Å². The molecular formula is C26H28N2O2. The van der Waals surface area contributed by atoms with E-state index in [2.05, 4.69) is 61.8 Å². The first-order valence-corrected chi connectivity index (χ1v) is 10.5. The second-order valence-corrected chi connectivity index (χ2v) is 9.77. The maximum absolute atomic E-state index is 13.6. The number of hydrogen-bond acceptors (Lipinski definition) is 4. The van der Waals surface area contributed by atoms with E-state index in [0.717, 1.165) is 17.1 Å². The van der Waals surface area contributed by atoms with Gasteiger partial charge in [0.15, 0.2) is 5.78 Å². The average molecular weight is 401 g/mol. The highest BCUT2D eigenvalue weighted by molar-refractivity contribution is 6.21. The summed E-state index contributed by atoms with van der Waals surface area (Å²) in [7, 11) is 3.99. The van der Waals surface area contributed by atoms with Crippen LogP contribution in [0.25, 0.3) is 0 Å². The van der Waals surface area contributed by atoms with Crippen molar-refractivity contribution in [3.63, 3.8) is 0 Å². The van der Waals surface area contributed by atoms with Crippen LogP contribution in [0.1, 0.15) is 38.8 Å². The Kier molecular flexibility index (Phi) is 3.66. The third kappa shape index (κ3) is 2.09. The third-order valence-corrected chi connectivity index (χ3v) is 7.39. The van der Waals surface area contributed by atoms with Crippen LogP contribution < -0.4 is 9.80 Å². The number of anilines is 2. The van der Waals surface area contributed by atoms with E-state index in [9.17, 15) is 9.90 Å². The van der Waals surface area contributed by atoms with E-state index in [0.29, 0.717) is 11.1 Å². The number of carbonyl (C=O) groups is 1. The summed E-state index contributed by atoms with van der Waals surface area (Å²) in [5, 5.41) is 11.3. The number of carbonyl (C=O) groups excluding carboxylic acids is 1. The summed E-state index contributed by atoms with van der Waals surface area (Å²) in [6.45, 7) is 8.55. The molecule has 154 valence electrons. The number of aliphatic hydroxyl groups is 1. The second kappa shape index (κ2) is 5.78. The van der Waals surface area contributed by atoms with Crippen molar-refractivity contribution in [1.82, 2.24) is 0 Å². The molecule has 0 fully saturated rings. The lowest BCUT2D eigenvalue weighted by Crippen LogP contribution is -2.48. The third-order valence-electron chi connectivity index (χ3n) is 7.39. The minimum atomic E-state index is -0.351. The molecule has 4 nitrogen and oxygen atoms in total. The van der Waals surface area contributed by atoms with Crippen molar-refractivity contribution in [2.24, 2.45) is 0 Å². The normalized spacial score (nSPS) is 26.1. The Bertz CT molecular complexity index is 1170. The van der Waals surface area contributed by atoms with Crippen LogP contribution in [0.5, 0.6) is 0 Å². The number of rotatable bonds is 1. The first kappa shape index (κ1) is 19.0. The highest BCUT2D eigenvalue weighted by Crippen LogP contribution is 2.54. The van der Waals surface area contributed by atoms with Gasteiger partial charge in [0.1, 0.15) is 5.76 Å². The van der Waals surface area contributed by atoms with E-state index in [-0.39, 0.29) is 28.4 Å². The first-order chi connectivity index (χ1) is 14.1. The quantitative estimate of drug-likeness (QED) is 0.695. The molecule has 0 radical (unpaired) electrons. The fraction of sp³-hybridized carbons (Fsp3) is 0.346. The number of hydrogen-bond donors (Lipinski definition) is 1. The number of nitrogens with zero attached hydrogens (tertiary/aromatic N) is 2. The molecule has 2 aliphatic heterocycles. The maximum Gasteiger partial charge on any atom is 0.200 e. The molecule has 1 atom stereocenters. The summed E-state index contributed by atoms with van der Waals surface area (Å²) in [5.41, 5.74) is 5.83. The van der Waals surface area contributed by atoms with E-state index < -0.39 is 0 Å². The van der Waals surface area contributed by atoms with Gasteiger partial charge in [0.2, 0.25) is 0 Å². The molecule has 0 bridgehead atoms. The Morgan fingerprint density at radius 2 is 1.43 bits per heavy atom. The van der Waals surface area contributed by atoms with E-state index in [4.69, 9.17) is 0 Å². The van der Waals surface area contributed by atoms with Crippen molar-refractivity contribution in [2.45, 2.75) is 44.6 Å². The van der Waals surface area contributed by atoms with Gasteiger partial charge in [0.05, 0.1) is 17.2 Å². The number of allylic oxidation sites excluding steroid dienone is 2. The highest BCUT2D eigenvalue weighted by atomic mass is 16.3. The zero-order valence-electron chi connectivity index (χ0n) is 18.4. The number of likely N-dealkylation sites (N-methyl/N-ethyl adjacent to an activating group) is 2. The van der Waals surface area contributed by atoms with Crippen molar-refractivity contribution in [3.8, 4) is 0 Å². The van der Waals surface area contributed by atoms with Gasteiger partial charge in [-0.15, -0.1) is 0 Å². The summed E-state index contributed by atoms with van der Waals surface area (Å²) < 4.78 is 0. The fourth-order valence-corrected chi connectivity index (χ4v) is 5.99. The number of ketones is 1. The smallest absolute Gasteiger partial charge is 0.200 e. The van der Waals surface area contributed by atoms with Crippen LogP contribution in [-0.4, -0.2) is 31.0 Å². The molecular weight excluding hydrogens is 372 g/mol. The molecule has 0 spiro atoms. The molecule has 0 saturated heterocycles.